The van der Waals surface area contributed by atoms with Crippen LogP contribution in [0.1, 0.15) is 23.2 Å². The van der Waals surface area contributed by atoms with Crippen LogP contribution in [0.3, 0.4) is 0 Å². The topological polar surface area (TPSA) is 142 Å². The van der Waals surface area contributed by atoms with E-state index in [-0.39, 0.29) is 8.61 Å². The number of rotatable bonds is 11. The number of halogens is 4. The fourth-order valence-corrected chi connectivity index (χ4v) is 3.85. The van der Waals surface area contributed by atoms with Crippen LogP contribution in [-0.4, -0.2) is 69.4 Å². The molecular weight excluding hydrogens is 464 g/mol. The van der Waals surface area contributed by atoms with Crippen molar-refractivity contribution in [2.24, 2.45) is 0 Å². The number of benzene rings is 1. The first-order valence-electron chi connectivity index (χ1n) is 8.01. The summed E-state index contributed by atoms with van der Waals surface area (Å²) in [4.78, 5) is 11.5. The number of nitrogens with zero attached hydrogens (tertiary/aromatic N) is 2. The second-order valence-corrected chi connectivity index (χ2v) is 8.35. The number of alkyl halides is 2. The Morgan fingerprint density at radius 1 is 1.13 bits per heavy atom. The van der Waals surface area contributed by atoms with E-state index in [2.05, 4.69) is 4.74 Å². The second-order valence-electron chi connectivity index (χ2n) is 5.65. The van der Waals surface area contributed by atoms with Gasteiger partial charge in [0.05, 0.1) is 19.5 Å². The van der Waals surface area contributed by atoms with E-state index in [9.17, 15) is 43.7 Å². The molecule has 0 aliphatic rings. The van der Waals surface area contributed by atoms with Crippen LogP contribution in [0, 0.1) is 11.6 Å². The fourth-order valence-electron chi connectivity index (χ4n) is 2.37. The van der Waals surface area contributed by atoms with Crippen LogP contribution in [0.25, 0.3) is 0 Å². The maximum absolute atomic E-state index is 14.6. The Kier molecular flexibility index (Phi) is 8.97. The summed E-state index contributed by atoms with van der Waals surface area (Å²) >= 11 is 0. The number of esters is 1. The fraction of sp³-hybridized carbons (Fsp3) is 0.500. The number of anilines is 1. The van der Waals surface area contributed by atoms with E-state index < -0.39 is 88.4 Å². The van der Waals surface area contributed by atoms with E-state index in [0.29, 0.717) is 12.1 Å². The summed E-state index contributed by atoms with van der Waals surface area (Å²) in [6, 6.07) is 1.02. The monoisotopic (exact) mass is 482 g/mol. The normalized spacial score (nSPS) is 13.3. The lowest BCUT2D eigenvalue weighted by molar-refractivity contribution is 0.0589. The number of hydrogen-bond acceptors (Lipinski definition) is 6. The van der Waals surface area contributed by atoms with Gasteiger partial charge < -0.3 is 4.74 Å². The van der Waals surface area contributed by atoms with Crippen molar-refractivity contribution in [3.63, 3.8) is 0 Å². The van der Waals surface area contributed by atoms with Crippen molar-refractivity contribution in [2.75, 3.05) is 31.2 Å². The highest BCUT2D eigenvalue weighted by Gasteiger charge is 2.32. The Morgan fingerprint density at radius 2 is 1.73 bits per heavy atom. The number of methoxy groups -OCH3 is 1. The molecule has 1 aromatic rings. The predicted octanol–water partition coefficient (Wildman–Crippen LogP) is 1.51. The van der Waals surface area contributed by atoms with Crippen molar-refractivity contribution < 1.29 is 53.0 Å². The lowest BCUT2D eigenvalue weighted by Crippen LogP contribution is -2.41. The number of hydrogen-bond donors (Lipinski definition) is 2. The standard InChI is InChI=1S/C14H18F4N2O8S2/c1-28-14(21)12-9(16)3-4-10(13(12)18)19(29(22,23)24)8-5-11(17)20(7-2-6-15)30(25,26)27/h3-4,11H,2,5-8H2,1H3,(H,22,23,24)(H,25,26,27). The summed E-state index contributed by atoms with van der Waals surface area (Å²) in [5.74, 6) is -4.67. The summed E-state index contributed by atoms with van der Waals surface area (Å²) in [6.45, 7) is -2.95. The molecule has 0 saturated carbocycles. The Morgan fingerprint density at radius 3 is 2.20 bits per heavy atom. The third kappa shape index (κ3) is 6.49. The predicted molar refractivity (Wildman–Crippen MR) is 95.0 cm³/mol. The molecule has 1 rings (SSSR count). The molecule has 2 N–H and O–H groups in total. The lowest BCUT2D eigenvalue weighted by atomic mass is 10.1. The Labute approximate surface area is 169 Å². The first-order valence-corrected chi connectivity index (χ1v) is 10.8. The van der Waals surface area contributed by atoms with Gasteiger partial charge in [0.15, 0.2) is 12.1 Å². The zero-order valence-electron chi connectivity index (χ0n) is 15.3. The van der Waals surface area contributed by atoms with E-state index in [1.165, 1.54) is 0 Å². The smallest absolute Gasteiger partial charge is 0.360 e. The molecule has 0 bridgehead atoms. The van der Waals surface area contributed by atoms with Gasteiger partial charge in [-0.2, -0.15) is 16.8 Å². The van der Waals surface area contributed by atoms with Gasteiger partial charge >= 0.3 is 26.6 Å². The van der Waals surface area contributed by atoms with E-state index in [0.717, 1.165) is 7.11 Å². The summed E-state index contributed by atoms with van der Waals surface area (Å²) < 4.78 is 123. The zero-order chi connectivity index (χ0) is 23.3. The van der Waals surface area contributed by atoms with Crippen LogP contribution >= 0.6 is 0 Å². The molecule has 16 heteroatoms. The van der Waals surface area contributed by atoms with Crippen LogP contribution in [0.4, 0.5) is 23.2 Å². The molecule has 172 valence electrons. The molecule has 0 heterocycles. The average molecular weight is 482 g/mol. The Hall–Kier alpha value is -2.01. The average Bonchev–Trinajstić information content (AvgIpc) is 2.61. The highest BCUT2D eigenvalue weighted by molar-refractivity contribution is 7.87. The molecule has 0 saturated heterocycles. The first kappa shape index (κ1) is 26.0. The minimum Gasteiger partial charge on any atom is -0.465 e. The van der Waals surface area contributed by atoms with Gasteiger partial charge in [-0.15, -0.1) is 4.31 Å². The summed E-state index contributed by atoms with van der Waals surface area (Å²) in [7, 11) is -9.66. The molecule has 0 radical (unpaired) electrons. The first-order chi connectivity index (χ1) is 13.8. The van der Waals surface area contributed by atoms with Crippen molar-refractivity contribution in [3.05, 3.63) is 29.3 Å². The summed E-state index contributed by atoms with van der Waals surface area (Å²) in [6.07, 6.45) is -4.15. The van der Waals surface area contributed by atoms with Crippen molar-refractivity contribution in [1.29, 1.82) is 0 Å². The zero-order valence-corrected chi connectivity index (χ0v) is 17.0. The van der Waals surface area contributed by atoms with Gasteiger partial charge in [0, 0.05) is 19.5 Å². The van der Waals surface area contributed by atoms with Gasteiger partial charge in [-0.3, -0.25) is 13.5 Å². The summed E-state index contributed by atoms with van der Waals surface area (Å²) in [5.41, 5.74) is -2.35. The van der Waals surface area contributed by atoms with Crippen LogP contribution in [0.5, 0.6) is 0 Å². The van der Waals surface area contributed by atoms with Crippen LogP contribution in [0.15, 0.2) is 12.1 Å². The third-order valence-electron chi connectivity index (χ3n) is 3.70. The SMILES string of the molecule is COC(=O)c1c(F)ccc(N(CCC(F)N(CCCF)S(=O)(=O)O)S(=O)(=O)O)c1F. The molecule has 30 heavy (non-hydrogen) atoms. The molecule has 1 atom stereocenters. The van der Waals surface area contributed by atoms with Crippen LogP contribution in [-0.2, 0) is 25.3 Å². The largest absolute Gasteiger partial charge is 0.465 e. The van der Waals surface area contributed by atoms with E-state index in [1.54, 1.807) is 0 Å². The van der Waals surface area contributed by atoms with Crippen molar-refractivity contribution in [1.82, 2.24) is 4.31 Å². The second kappa shape index (κ2) is 10.3. The lowest BCUT2D eigenvalue weighted by Gasteiger charge is -2.26. The number of carbonyl (C=O) groups is 1. The van der Waals surface area contributed by atoms with Crippen LogP contribution in [0.2, 0.25) is 0 Å². The Balaban J connectivity index is 3.27. The molecule has 0 spiro atoms. The Bertz CT molecular complexity index is 974. The van der Waals surface area contributed by atoms with Gasteiger partial charge in [0.1, 0.15) is 11.4 Å². The van der Waals surface area contributed by atoms with E-state index in [1.807, 2.05) is 0 Å². The molecule has 0 fully saturated rings. The molecule has 1 aromatic carbocycles. The number of carbonyl (C=O) groups excluding carboxylic acids is 1. The van der Waals surface area contributed by atoms with Crippen molar-refractivity contribution in [3.8, 4) is 0 Å². The van der Waals surface area contributed by atoms with Crippen molar-refractivity contribution in [2.45, 2.75) is 19.1 Å². The minimum atomic E-state index is -5.31. The van der Waals surface area contributed by atoms with Gasteiger partial charge in [0.25, 0.3) is 0 Å². The van der Waals surface area contributed by atoms with Gasteiger partial charge in [0.2, 0.25) is 0 Å². The van der Waals surface area contributed by atoms with Gasteiger partial charge in [-0.05, 0) is 18.6 Å². The van der Waals surface area contributed by atoms with Crippen molar-refractivity contribution >= 4 is 32.3 Å². The molecule has 0 aliphatic carbocycles. The molecule has 0 aromatic heterocycles. The minimum absolute atomic E-state index is 0.155. The van der Waals surface area contributed by atoms with E-state index in [4.69, 9.17) is 4.55 Å². The molecule has 10 nitrogen and oxygen atoms in total. The maximum Gasteiger partial charge on any atom is 0.360 e. The van der Waals surface area contributed by atoms with Crippen LogP contribution < -0.4 is 4.31 Å². The maximum atomic E-state index is 14.6. The molecule has 1 unspecified atom stereocenters. The number of ether oxygens (including phenoxy) is 1. The van der Waals surface area contributed by atoms with Gasteiger partial charge in [-0.1, -0.05) is 0 Å². The highest BCUT2D eigenvalue weighted by atomic mass is 32.2. The molecular formula is C14H18F4N2O8S2. The van der Waals surface area contributed by atoms with Gasteiger partial charge in [-0.25, -0.2) is 22.3 Å². The quantitative estimate of drug-likeness (QED) is 0.209. The highest BCUT2D eigenvalue weighted by Crippen LogP contribution is 2.28. The summed E-state index contributed by atoms with van der Waals surface area (Å²) in [5, 5.41) is 0. The molecule has 0 amide bonds. The van der Waals surface area contributed by atoms with E-state index >= 15 is 0 Å². The third-order valence-corrected chi connectivity index (χ3v) is 5.64. The molecule has 0 aliphatic heterocycles.